The van der Waals surface area contributed by atoms with Gasteiger partial charge in [0.05, 0.1) is 0 Å². The topological polar surface area (TPSA) is 29.9 Å². The molecule has 0 saturated carbocycles. The minimum Gasteiger partial charge on any atom is -0.355 e. The van der Waals surface area contributed by atoms with Crippen molar-refractivity contribution in [2.24, 2.45) is 0 Å². The standard InChI is InChI=1S/C18H17N3/c1-2-7-16(8-3-1)21-11-10-19-18(21)20-13-15-12-14-6-4-5-9-17(14)15/h1-11,15H,12-13H2,(H,19,20). The minimum atomic E-state index is 0.599. The fraction of sp³-hybridized carbons (Fsp3) is 0.167. The highest BCUT2D eigenvalue weighted by Gasteiger charge is 2.25. The summed E-state index contributed by atoms with van der Waals surface area (Å²) in [6.45, 7) is 0.931. The lowest BCUT2D eigenvalue weighted by molar-refractivity contribution is 0.632. The summed E-state index contributed by atoms with van der Waals surface area (Å²) < 4.78 is 2.09. The third kappa shape index (κ3) is 2.21. The second-order valence-electron chi connectivity index (χ2n) is 5.44. The van der Waals surface area contributed by atoms with Crippen LogP contribution in [0.15, 0.2) is 67.0 Å². The van der Waals surface area contributed by atoms with E-state index in [0.29, 0.717) is 5.92 Å². The van der Waals surface area contributed by atoms with Crippen molar-refractivity contribution in [1.82, 2.24) is 9.55 Å². The van der Waals surface area contributed by atoms with Crippen molar-refractivity contribution < 1.29 is 0 Å². The molecule has 4 rings (SSSR count). The summed E-state index contributed by atoms with van der Waals surface area (Å²) in [5.41, 5.74) is 4.09. The van der Waals surface area contributed by atoms with Gasteiger partial charge in [0.1, 0.15) is 0 Å². The van der Waals surface area contributed by atoms with Gasteiger partial charge in [0.15, 0.2) is 0 Å². The third-order valence-corrected chi connectivity index (χ3v) is 4.14. The molecule has 0 fully saturated rings. The fourth-order valence-electron chi connectivity index (χ4n) is 2.99. The van der Waals surface area contributed by atoms with Crippen LogP contribution in [0.4, 0.5) is 5.95 Å². The van der Waals surface area contributed by atoms with Crippen molar-refractivity contribution >= 4 is 5.95 Å². The molecule has 1 N–H and O–H groups in total. The normalized spacial score (nSPS) is 16.1. The Labute approximate surface area is 124 Å². The molecular weight excluding hydrogens is 258 g/mol. The van der Waals surface area contributed by atoms with Crippen LogP contribution in [0.2, 0.25) is 0 Å². The van der Waals surface area contributed by atoms with Crippen LogP contribution < -0.4 is 5.32 Å². The lowest BCUT2D eigenvalue weighted by Crippen LogP contribution is -2.25. The quantitative estimate of drug-likeness (QED) is 0.788. The maximum absolute atomic E-state index is 4.43. The predicted molar refractivity (Wildman–Crippen MR) is 84.9 cm³/mol. The number of rotatable bonds is 4. The zero-order valence-electron chi connectivity index (χ0n) is 11.7. The summed E-state index contributed by atoms with van der Waals surface area (Å²) in [6, 6.07) is 19.0. The van der Waals surface area contributed by atoms with Crippen molar-refractivity contribution in [2.75, 3.05) is 11.9 Å². The molecule has 104 valence electrons. The molecule has 0 saturated heterocycles. The first-order chi connectivity index (χ1) is 10.4. The highest BCUT2D eigenvalue weighted by atomic mass is 15.2. The number of para-hydroxylation sites is 1. The Morgan fingerprint density at radius 1 is 1.05 bits per heavy atom. The molecule has 3 aromatic rings. The Morgan fingerprint density at radius 3 is 2.71 bits per heavy atom. The lowest BCUT2D eigenvalue weighted by atomic mass is 9.78. The maximum atomic E-state index is 4.43. The molecule has 2 aromatic carbocycles. The first kappa shape index (κ1) is 12.2. The van der Waals surface area contributed by atoms with Crippen molar-refractivity contribution in [3.8, 4) is 5.69 Å². The van der Waals surface area contributed by atoms with Gasteiger partial charge in [0.25, 0.3) is 0 Å². The average Bonchev–Trinajstić information content (AvgIpc) is 2.98. The van der Waals surface area contributed by atoms with Gasteiger partial charge in [-0.15, -0.1) is 0 Å². The molecule has 0 amide bonds. The van der Waals surface area contributed by atoms with E-state index >= 15 is 0 Å². The summed E-state index contributed by atoms with van der Waals surface area (Å²) in [6.07, 6.45) is 4.99. The van der Waals surface area contributed by atoms with Gasteiger partial charge in [0.2, 0.25) is 5.95 Å². The smallest absolute Gasteiger partial charge is 0.207 e. The average molecular weight is 275 g/mol. The van der Waals surface area contributed by atoms with Gasteiger partial charge >= 0.3 is 0 Å². The van der Waals surface area contributed by atoms with E-state index in [9.17, 15) is 0 Å². The molecule has 1 aliphatic rings. The molecule has 1 atom stereocenters. The summed E-state index contributed by atoms with van der Waals surface area (Å²) in [5.74, 6) is 1.51. The Kier molecular flexibility index (Phi) is 2.96. The molecule has 0 spiro atoms. The van der Waals surface area contributed by atoms with Gasteiger partial charge in [-0.2, -0.15) is 0 Å². The Hall–Kier alpha value is -2.55. The first-order valence-electron chi connectivity index (χ1n) is 7.32. The van der Waals surface area contributed by atoms with Crippen LogP contribution in [0.5, 0.6) is 0 Å². The summed E-state index contributed by atoms with van der Waals surface area (Å²) in [5, 5.41) is 3.49. The molecule has 0 bridgehead atoms. The molecule has 3 nitrogen and oxygen atoms in total. The van der Waals surface area contributed by atoms with Gasteiger partial charge in [0, 0.05) is 30.5 Å². The highest BCUT2D eigenvalue weighted by molar-refractivity contribution is 5.44. The van der Waals surface area contributed by atoms with E-state index in [4.69, 9.17) is 0 Å². The van der Waals surface area contributed by atoms with Crippen molar-refractivity contribution in [3.05, 3.63) is 78.1 Å². The second-order valence-corrected chi connectivity index (χ2v) is 5.44. The van der Waals surface area contributed by atoms with E-state index in [0.717, 1.165) is 24.6 Å². The molecule has 1 aromatic heterocycles. The number of nitrogens with one attached hydrogen (secondary N) is 1. The van der Waals surface area contributed by atoms with Crippen LogP contribution in [-0.2, 0) is 6.42 Å². The van der Waals surface area contributed by atoms with Gasteiger partial charge in [-0.25, -0.2) is 4.98 Å². The third-order valence-electron chi connectivity index (χ3n) is 4.14. The zero-order chi connectivity index (χ0) is 14.1. The summed E-state index contributed by atoms with van der Waals surface area (Å²) in [4.78, 5) is 4.43. The van der Waals surface area contributed by atoms with Crippen LogP contribution in [-0.4, -0.2) is 16.1 Å². The van der Waals surface area contributed by atoms with Crippen LogP contribution >= 0.6 is 0 Å². The number of hydrogen-bond acceptors (Lipinski definition) is 2. The number of benzene rings is 2. The van der Waals surface area contributed by atoms with Crippen LogP contribution in [0.25, 0.3) is 5.69 Å². The Balaban J connectivity index is 1.49. The zero-order valence-corrected chi connectivity index (χ0v) is 11.7. The van der Waals surface area contributed by atoms with Gasteiger partial charge in [-0.05, 0) is 29.7 Å². The lowest BCUT2D eigenvalue weighted by Gasteiger charge is -2.30. The summed E-state index contributed by atoms with van der Waals surface area (Å²) in [7, 11) is 0. The number of hydrogen-bond donors (Lipinski definition) is 1. The molecule has 1 aliphatic carbocycles. The molecule has 1 unspecified atom stereocenters. The van der Waals surface area contributed by atoms with Crippen molar-refractivity contribution in [1.29, 1.82) is 0 Å². The number of fused-ring (bicyclic) bond motifs is 1. The van der Waals surface area contributed by atoms with Gasteiger partial charge in [-0.1, -0.05) is 42.5 Å². The molecule has 0 aliphatic heterocycles. The van der Waals surface area contributed by atoms with Crippen LogP contribution in [0, 0.1) is 0 Å². The van der Waals surface area contributed by atoms with E-state index < -0.39 is 0 Å². The largest absolute Gasteiger partial charge is 0.355 e. The number of imidazole rings is 1. The monoisotopic (exact) mass is 275 g/mol. The molecular formula is C18H17N3. The number of aromatic nitrogens is 2. The fourth-order valence-corrected chi connectivity index (χ4v) is 2.99. The number of anilines is 1. The van der Waals surface area contributed by atoms with E-state index in [1.165, 1.54) is 11.1 Å². The maximum Gasteiger partial charge on any atom is 0.207 e. The van der Waals surface area contributed by atoms with E-state index in [1.54, 1.807) is 0 Å². The molecule has 3 heteroatoms. The van der Waals surface area contributed by atoms with E-state index in [1.807, 2.05) is 30.6 Å². The van der Waals surface area contributed by atoms with E-state index in [2.05, 4.69) is 51.3 Å². The van der Waals surface area contributed by atoms with Crippen LogP contribution in [0.3, 0.4) is 0 Å². The highest BCUT2D eigenvalue weighted by Crippen LogP contribution is 2.34. The predicted octanol–water partition coefficient (Wildman–Crippen LogP) is 3.62. The van der Waals surface area contributed by atoms with Crippen molar-refractivity contribution in [3.63, 3.8) is 0 Å². The Bertz CT molecular complexity index is 746. The molecule has 0 radical (unpaired) electrons. The van der Waals surface area contributed by atoms with Crippen molar-refractivity contribution in [2.45, 2.75) is 12.3 Å². The molecule has 21 heavy (non-hydrogen) atoms. The molecule has 1 heterocycles. The SMILES string of the molecule is c1ccc(-n2ccnc2NCC2Cc3ccccc32)cc1. The second kappa shape index (κ2) is 5.09. The summed E-state index contributed by atoms with van der Waals surface area (Å²) >= 11 is 0. The van der Waals surface area contributed by atoms with Crippen LogP contribution in [0.1, 0.15) is 17.0 Å². The van der Waals surface area contributed by atoms with Gasteiger partial charge in [-0.3, -0.25) is 4.57 Å². The number of nitrogens with zero attached hydrogens (tertiary/aromatic N) is 2. The first-order valence-corrected chi connectivity index (χ1v) is 7.32. The minimum absolute atomic E-state index is 0.599. The van der Waals surface area contributed by atoms with Gasteiger partial charge < -0.3 is 5.32 Å². The van der Waals surface area contributed by atoms with E-state index in [-0.39, 0.29) is 0 Å². The Morgan fingerprint density at radius 2 is 1.86 bits per heavy atom.